The second kappa shape index (κ2) is 5.55. The predicted octanol–water partition coefficient (Wildman–Crippen LogP) is 0.811. The summed E-state index contributed by atoms with van der Waals surface area (Å²) >= 11 is 11.4. The van der Waals surface area contributed by atoms with Gasteiger partial charge in [0.05, 0.1) is 10.0 Å². The van der Waals surface area contributed by atoms with Gasteiger partial charge in [0, 0.05) is 5.56 Å². The maximum atomic E-state index is 11.4. The molecule has 0 aliphatic rings. The quantitative estimate of drug-likeness (QED) is 0.343. The highest BCUT2D eigenvalue weighted by atomic mass is 35.5. The van der Waals surface area contributed by atoms with Gasteiger partial charge in [-0.25, -0.2) is 16.1 Å². The monoisotopic (exact) mass is 262 g/mol. The third kappa shape index (κ3) is 3.27. The first-order valence-corrected chi connectivity index (χ1v) is 4.82. The molecule has 1 rings (SSSR count). The van der Waals surface area contributed by atoms with E-state index in [1.807, 2.05) is 5.43 Å². The van der Waals surface area contributed by atoms with Crippen LogP contribution in [-0.4, -0.2) is 11.9 Å². The molecule has 3 amide bonds. The average Bonchev–Trinajstić information content (AvgIpc) is 2.29. The van der Waals surface area contributed by atoms with Crippen LogP contribution in [0.5, 0.6) is 0 Å². The van der Waals surface area contributed by atoms with E-state index < -0.39 is 11.9 Å². The minimum atomic E-state index is -0.742. The lowest BCUT2D eigenvalue weighted by Crippen LogP contribution is -2.49. The van der Waals surface area contributed by atoms with Gasteiger partial charge in [0.2, 0.25) is 0 Å². The summed E-state index contributed by atoms with van der Waals surface area (Å²) in [6.45, 7) is 0. The lowest BCUT2D eigenvalue weighted by Gasteiger charge is -2.06. The number of rotatable bonds is 1. The zero-order chi connectivity index (χ0) is 12.1. The Morgan fingerprint density at radius 3 is 2.38 bits per heavy atom. The molecule has 0 atom stereocenters. The standard InChI is InChI=1S/C8H8Cl2N4O2/c9-5-2-1-4(3-6(5)10)7(15)13-14-8(16)12-11/h1-3H,11H2,(H,13,15)(H2,12,14,16). The Bertz CT molecular complexity index is 424. The van der Waals surface area contributed by atoms with Crippen molar-refractivity contribution in [3.8, 4) is 0 Å². The van der Waals surface area contributed by atoms with Crippen LogP contribution in [0.2, 0.25) is 10.0 Å². The fraction of sp³-hybridized carbons (Fsp3) is 0. The number of hydrogen-bond donors (Lipinski definition) is 4. The molecule has 0 heterocycles. The van der Waals surface area contributed by atoms with Crippen LogP contribution in [0.4, 0.5) is 4.79 Å². The second-order valence-corrected chi connectivity index (χ2v) is 3.50. The number of benzene rings is 1. The molecule has 0 aromatic heterocycles. The van der Waals surface area contributed by atoms with Crippen LogP contribution < -0.4 is 22.1 Å². The highest BCUT2D eigenvalue weighted by molar-refractivity contribution is 6.42. The second-order valence-electron chi connectivity index (χ2n) is 2.68. The fourth-order valence-corrected chi connectivity index (χ4v) is 1.16. The Balaban J connectivity index is 2.66. The lowest BCUT2D eigenvalue weighted by molar-refractivity contribution is 0.0936. The lowest BCUT2D eigenvalue weighted by atomic mass is 10.2. The molecule has 0 saturated heterocycles. The van der Waals surface area contributed by atoms with E-state index in [1.165, 1.54) is 18.2 Å². The van der Waals surface area contributed by atoms with Crippen LogP contribution in [0.15, 0.2) is 18.2 Å². The van der Waals surface area contributed by atoms with Crippen molar-refractivity contribution in [2.45, 2.75) is 0 Å². The molecule has 16 heavy (non-hydrogen) atoms. The van der Waals surface area contributed by atoms with Crippen molar-refractivity contribution in [2.24, 2.45) is 5.84 Å². The van der Waals surface area contributed by atoms with E-state index in [-0.39, 0.29) is 10.6 Å². The molecule has 8 heteroatoms. The molecule has 0 spiro atoms. The maximum Gasteiger partial charge on any atom is 0.347 e. The minimum absolute atomic E-state index is 0.248. The van der Waals surface area contributed by atoms with E-state index in [0.717, 1.165) is 0 Å². The molecule has 5 N–H and O–H groups in total. The number of halogens is 2. The number of hydrazine groups is 2. The number of carbonyl (C=O) groups is 2. The minimum Gasteiger partial charge on any atom is -0.275 e. The van der Waals surface area contributed by atoms with Gasteiger partial charge in [-0.15, -0.1) is 0 Å². The largest absolute Gasteiger partial charge is 0.347 e. The van der Waals surface area contributed by atoms with Crippen LogP contribution in [0, 0.1) is 0 Å². The summed E-state index contributed by atoms with van der Waals surface area (Å²) in [4.78, 5) is 22.1. The van der Waals surface area contributed by atoms with Gasteiger partial charge in [0.1, 0.15) is 0 Å². The van der Waals surface area contributed by atoms with Gasteiger partial charge in [0.25, 0.3) is 5.91 Å². The molecule has 86 valence electrons. The average molecular weight is 263 g/mol. The normalized spacial score (nSPS) is 9.44. The third-order valence-corrected chi connectivity index (χ3v) is 2.34. The predicted molar refractivity (Wildman–Crippen MR) is 59.8 cm³/mol. The topological polar surface area (TPSA) is 96.2 Å². The van der Waals surface area contributed by atoms with Crippen LogP contribution in [0.1, 0.15) is 10.4 Å². The van der Waals surface area contributed by atoms with Gasteiger partial charge in [-0.1, -0.05) is 23.2 Å². The molecule has 1 aromatic rings. The summed E-state index contributed by atoms with van der Waals surface area (Å²) in [5.41, 5.74) is 6.16. The molecule has 0 saturated carbocycles. The first-order valence-electron chi connectivity index (χ1n) is 4.06. The van der Waals surface area contributed by atoms with Crippen LogP contribution >= 0.6 is 23.2 Å². The highest BCUT2D eigenvalue weighted by Crippen LogP contribution is 2.22. The van der Waals surface area contributed by atoms with Crippen molar-refractivity contribution in [3.05, 3.63) is 33.8 Å². The number of nitrogens with two attached hydrogens (primary N) is 1. The van der Waals surface area contributed by atoms with E-state index in [2.05, 4.69) is 5.43 Å². The number of amides is 3. The molecule has 0 fully saturated rings. The molecule has 0 aliphatic carbocycles. The Morgan fingerprint density at radius 1 is 1.12 bits per heavy atom. The Morgan fingerprint density at radius 2 is 1.81 bits per heavy atom. The highest BCUT2D eigenvalue weighted by Gasteiger charge is 2.08. The molecule has 6 nitrogen and oxygen atoms in total. The molecule has 1 aromatic carbocycles. The van der Waals surface area contributed by atoms with Crippen molar-refractivity contribution >= 4 is 35.1 Å². The van der Waals surface area contributed by atoms with Crippen molar-refractivity contribution < 1.29 is 9.59 Å². The van der Waals surface area contributed by atoms with Gasteiger partial charge < -0.3 is 0 Å². The summed E-state index contributed by atoms with van der Waals surface area (Å²) in [5, 5.41) is 0.587. The first-order chi connectivity index (χ1) is 7.54. The first kappa shape index (κ1) is 12.6. The SMILES string of the molecule is NNC(=O)NNC(=O)c1ccc(Cl)c(Cl)c1. The Kier molecular flexibility index (Phi) is 4.36. The third-order valence-electron chi connectivity index (χ3n) is 1.60. The van der Waals surface area contributed by atoms with Gasteiger partial charge in [0.15, 0.2) is 0 Å². The van der Waals surface area contributed by atoms with Gasteiger partial charge in [-0.05, 0) is 18.2 Å². The molecular formula is C8H8Cl2N4O2. The summed E-state index contributed by atoms with van der Waals surface area (Å²) in [6, 6.07) is 3.57. The number of carbonyl (C=O) groups excluding carboxylic acids is 2. The Labute approximate surface area is 101 Å². The number of urea groups is 1. The van der Waals surface area contributed by atoms with Crippen molar-refractivity contribution in [1.29, 1.82) is 0 Å². The van der Waals surface area contributed by atoms with Gasteiger partial charge in [-0.3, -0.25) is 15.6 Å². The maximum absolute atomic E-state index is 11.4. The fourth-order valence-electron chi connectivity index (χ4n) is 0.859. The summed E-state index contributed by atoms with van der Waals surface area (Å²) in [7, 11) is 0. The molecule has 0 bridgehead atoms. The van der Waals surface area contributed by atoms with Gasteiger partial charge >= 0.3 is 6.03 Å². The van der Waals surface area contributed by atoms with Crippen molar-refractivity contribution in [3.63, 3.8) is 0 Å². The van der Waals surface area contributed by atoms with Crippen LogP contribution in [0.3, 0.4) is 0 Å². The van der Waals surface area contributed by atoms with E-state index in [9.17, 15) is 9.59 Å². The summed E-state index contributed by atoms with van der Waals surface area (Å²) in [6.07, 6.45) is 0. The zero-order valence-electron chi connectivity index (χ0n) is 7.88. The summed E-state index contributed by atoms with van der Waals surface area (Å²) < 4.78 is 0. The zero-order valence-corrected chi connectivity index (χ0v) is 9.39. The van der Waals surface area contributed by atoms with E-state index in [4.69, 9.17) is 29.0 Å². The molecule has 0 radical (unpaired) electrons. The van der Waals surface area contributed by atoms with E-state index in [1.54, 1.807) is 5.43 Å². The molecular weight excluding hydrogens is 255 g/mol. The van der Waals surface area contributed by atoms with Gasteiger partial charge in [-0.2, -0.15) is 0 Å². The number of nitrogens with one attached hydrogen (secondary N) is 3. The smallest absolute Gasteiger partial charge is 0.275 e. The van der Waals surface area contributed by atoms with Crippen LogP contribution in [0.25, 0.3) is 0 Å². The van der Waals surface area contributed by atoms with E-state index >= 15 is 0 Å². The number of hydrogen-bond acceptors (Lipinski definition) is 3. The molecule has 0 aliphatic heterocycles. The van der Waals surface area contributed by atoms with E-state index in [0.29, 0.717) is 5.02 Å². The summed E-state index contributed by atoms with van der Waals surface area (Å²) in [5.74, 6) is 4.25. The van der Waals surface area contributed by atoms with Crippen LogP contribution in [-0.2, 0) is 0 Å². The Hall–Kier alpha value is -1.50. The van der Waals surface area contributed by atoms with Crippen molar-refractivity contribution in [1.82, 2.24) is 16.3 Å². The molecule has 0 unspecified atom stereocenters. The van der Waals surface area contributed by atoms with Crippen molar-refractivity contribution in [2.75, 3.05) is 0 Å².